The van der Waals surface area contributed by atoms with Crippen LogP contribution in [0.3, 0.4) is 0 Å². The molecule has 1 aliphatic carbocycles. The van der Waals surface area contributed by atoms with Crippen LogP contribution in [0, 0.1) is 5.82 Å². The number of rotatable bonds is 7. The van der Waals surface area contributed by atoms with Crippen molar-refractivity contribution in [2.75, 3.05) is 24.4 Å². The van der Waals surface area contributed by atoms with Crippen molar-refractivity contribution in [1.82, 2.24) is 9.88 Å². The summed E-state index contributed by atoms with van der Waals surface area (Å²) in [7, 11) is -1.76. The van der Waals surface area contributed by atoms with Gasteiger partial charge >= 0.3 is 0 Å². The molecule has 1 saturated carbocycles. The minimum atomic E-state index is -3.30. The normalized spacial score (nSPS) is 17.4. The molecule has 4 rings (SSSR count). The quantitative estimate of drug-likeness (QED) is 0.652. The van der Waals surface area contributed by atoms with Crippen LogP contribution in [0.1, 0.15) is 31.2 Å². The van der Waals surface area contributed by atoms with Gasteiger partial charge in [-0.3, -0.25) is 9.10 Å². The first-order valence-corrected chi connectivity index (χ1v) is 12.0. The summed E-state index contributed by atoms with van der Waals surface area (Å²) in [6.45, 7) is 1.18. The van der Waals surface area contributed by atoms with Crippen molar-refractivity contribution in [1.29, 1.82) is 0 Å². The topological polar surface area (TPSA) is 79.8 Å². The van der Waals surface area contributed by atoms with Crippen LogP contribution >= 0.6 is 0 Å². The average Bonchev–Trinajstić information content (AvgIpc) is 3.62. The van der Waals surface area contributed by atoms with Gasteiger partial charge in [0.1, 0.15) is 11.9 Å². The minimum absolute atomic E-state index is 0.0208. The molecule has 166 valence electrons. The highest BCUT2D eigenvalue weighted by Crippen LogP contribution is 2.32. The fraction of sp³-hybridized carbons (Fsp3) is 0.455. The summed E-state index contributed by atoms with van der Waals surface area (Å²) in [6, 6.07) is 9.36. The molecule has 0 atom stereocenters. The summed E-state index contributed by atoms with van der Waals surface area (Å²) in [5.74, 6) is 0.150. The molecule has 2 aliphatic rings. The number of amides is 1. The fourth-order valence-electron chi connectivity index (χ4n) is 3.65. The standard InChI is InChI=1S/C22H26FN3O4S/c1-25(31(28,29)20-7-8-20)18-6-9-21(24-15-18)30-19-10-12-26(13-11-19)22(27)14-16-2-4-17(23)5-3-16/h2-6,9,15,19-20H,7-8,10-14H2,1H3. The van der Waals surface area contributed by atoms with Gasteiger partial charge in [-0.2, -0.15) is 0 Å². The lowest BCUT2D eigenvalue weighted by Gasteiger charge is -2.32. The smallest absolute Gasteiger partial charge is 0.237 e. The number of likely N-dealkylation sites (tertiary alicyclic amines) is 1. The van der Waals surface area contributed by atoms with Crippen LogP contribution < -0.4 is 9.04 Å². The Bertz CT molecular complexity index is 1020. The number of hydrogen-bond acceptors (Lipinski definition) is 5. The number of nitrogens with zero attached hydrogens (tertiary/aromatic N) is 3. The van der Waals surface area contributed by atoms with Crippen molar-refractivity contribution in [3.63, 3.8) is 0 Å². The maximum Gasteiger partial charge on any atom is 0.237 e. The zero-order chi connectivity index (χ0) is 22.0. The number of pyridine rings is 1. The molecule has 1 aromatic heterocycles. The van der Waals surface area contributed by atoms with Gasteiger partial charge in [0.15, 0.2) is 0 Å². The summed E-state index contributed by atoms with van der Waals surface area (Å²) in [5.41, 5.74) is 1.31. The van der Waals surface area contributed by atoms with Crippen molar-refractivity contribution in [3.05, 3.63) is 54.0 Å². The molecule has 1 aliphatic heterocycles. The third kappa shape index (κ3) is 5.15. The van der Waals surface area contributed by atoms with E-state index in [-0.39, 0.29) is 29.5 Å². The minimum Gasteiger partial charge on any atom is -0.474 e. The Hall–Kier alpha value is -2.68. The van der Waals surface area contributed by atoms with Crippen molar-refractivity contribution in [2.45, 2.75) is 43.5 Å². The second-order valence-electron chi connectivity index (χ2n) is 8.07. The van der Waals surface area contributed by atoms with Crippen molar-refractivity contribution in [2.24, 2.45) is 0 Å². The number of carbonyl (C=O) groups is 1. The van der Waals surface area contributed by atoms with Crippen LogP contribution in [0.2, 0.25) is 0 Å². The number of sulfonamides is 1. The van der Waals surface area contributed by atoms with E-state index in [9.17, 15) is 17.6 Å². The van der Waals surface area contributed by atoms with E-state index in [0.717, 1.165) is 5.56 Å². The number of anilines is 1. The summed E-state index contributed by atoms with van der Waals surface area (Å²) in [4.78, 5) is 18.5. The Balaban J connectivity index is 1.27. The van der Waals surface area contributed by atoms with Gasteiger partial charge < -0.3 is 9.64 Å². The van der Waals surface area contributed by atoms with Crippen LogP contribution in [0.5, 0.6) is 5.88 Å². The third-order valence-electron chi connectivity index (χ3n) is 5.76. The summed E-state index contributed by atoms with van der Waals surface area (Å²) >= 11 is 0. The maximum absolute atomic E-state index is 13.0. The monoisotopic (exact) mass is 447 g/mol. The fourth-order valence-corrected chi connectivity index (χ4v) is 5.23. The van der Waals surface area contributed by atoms with E-state index in [2.05, 4.69) is 4.98 Å². The first kappa shape index (κ1) is 21.5. The molecule has 0 radical (unpaired) electrons. The van der Waals surface area contributed by atoms with Crippen LogP contribution in [0.25, 0.3) is 0 Å². The highest BCUT2D eigenvalue weighted by molar-refractivity contribution is 7.93. The van der Waals surface area contributed by atoms with Gasteiger partial charge in [-0.05, 0) is 36.6 Å². The van der Waals surface area contributed by atoms with Crippen LogP contribution in [0.4, 0.5) is 10.1 Å². The van der Waals surface area contributed by atoms with Crippen LogP contribution in [0.15, 0.2) is 42.6 Å². The number of carbonyl (C=O) groups excluding carboxylic acids is 1. The molecule has 1 saturated heterocycles. The zero-order valence-corrected chi connectivity index (χ0v) is 18.2. The van der Waals surface area contributed by atoms with Crippen LogP contribution in [-0.2, 0) is 21.2 Å². The van der Waals surface area contributed by atoms with Gasteiger partial charge in [-0.15, -0.1) is 0 Å². The Morgan fingerprint density at radius 2 is 1.81 bits per heavy atom. The van der Waals surface area contributed by atoms with Gasteiger partial charge in [-0.1, -0.05) is 12.1 Å². The third-order valence-corrected chi connectivity index (χ3v) is 8.05. The van der Waals surface area contributed by atoms with Crippen molar-refractivity contribution >= 4 is 21.6 Å². The van der Waals surface area contributed by atoms with Gasteiger partial charge in [0.2, 0.25) is 21.8 Å². The average molecular weight is 448 g/mol. The second-order valence-corrected chi connectivity index (χ2v) is 10.3. The lowest BCUT2D eigenvalue weighted by molar-refractivity contribution is -0.132. The number of aromatic nitrogens is 1. The first-order chi connectivity index (χ1) is 14.8. The molecule has 2 aromatic rings. The lowest BCUT2D eigenvalue weighted by atomic mass is 10.1. The second kappa shape index (κ2) is 8.82. The summed E-state index contributed by atoms with van der Waals surface area (Å²) in [5, 5.41) is -0.274. The van der Waals surface area contributed by atoms with E-state index in [1.54, 1.807) is 36.2 Å². The molecule has 0 N–H and O–H groups in total. The predicted molar refractivity (Wildman–Crippen MR) is 115 cm³/mol. The molecular formula is C22H26FN3O4S. The molecule has 1 aromatic carbocycles. The number of halogens is 1. The molecule has 9 heteroatoms. The zero-order valence-electron chi connectivity index (χ0n) is 17.4. The van der Waals surface area contributed by atoms with Gasteiger partial charge in [0.25, 0.3) is 0 Å². The summed E-state index contributed by atoms with van der Waals surface area (Å²) < 4.78 is 44.9. The largest absolute Gasteiger partial charge is 0.474 e. The molecule has 31 heavy (non-hydrogen) atoms. The molecule has 2 fully saturated rings. The van der Waals surface area contributed by atoms with E-state index in [1.165, 1.54) is 22.6 Å². The van der Waals surface area contributed by atoms with E-state index in [1.807, 2.05) is 0 Å². The van der Waals surface area contributed by atoms with Crippen molar-refractivity contribution in [3.8, 4) is 5.88 Å². The molecule has 2 heterocycles. The molecule has 1 amide bonds. The Morgan fingerprint density at radius 3 is 2.39 bits per heavy atom. The Kier molecular flexibility index (Phi) is 6.13. The van der Waals surface area contributed by atoms with Gasteiger partial charge in [-0.25, -0.2) is 17.8 Å². The lowest BCUT2D eigenvalue weighted by Crippen LogP contribution is -2.42. The molecule has 0 bridgehead atoms. The molecular weight excluding hydrogens is 421 g/mol. The SMILES string of the molecule is CN(c1ccc(OC2CCN(C(=O)Cc3ccc(F)cc3)CC2)nc1)S(=O)(=O)C1CC1. The number of hydrogen-bond donors (Lipinski definition) is 0. The highest BCUT2D eigenvalue weighted by atomic mass is 32.2. The number of piperidine rings is 1. The van der Waals surface area contributed by atoms with Crippen molar-refractivity contribution < 1.29 is 22.3 Å². The van der Waals surface area contributed by atoms with E-state index < -0.39 is 10.0 Å². The first-order valence-electron chi connectivity index (χ1n) is 10.5. The maximum atomic E-state index is 13.0. The number of benzene rings is 1. The van der Waals surface area contributed by atoms with E-state index in [4.69, 9.17) is 4.74 Å². The van der Waals surface area contributed by atoms with E-state index >= 15 is 0 Å². The highest BCUT2D eigenvalue weighted by Gasteiger charge is 2.39. The van der Waals surface area contributed by atoms with Gasteiger partial charge in [0.05, 0.1) is 23.6 Å². The molecule has 7 nitrogen and oxygen atoms in total. The number of ether oxygens (including phenoxy) is 1. The predicted octanol–water partition coefficient (Wildman–Crippen LogP) is 2.76. The van der Waals surface area contributed by atoms with Gasteiger partial charge in [0, 0.05) is 39.0 Å². The Morgan fingerprint density at radius 1 is 1.13 bits per heavy atom. The van der Waals surface area contributed by atoms with Crippen LogP contribution in [-0.4, -0.2) is 55.7 Å². The molecule has 0 unspecified atom stereocenters. The summed E-state index contributed by atoms with van der Waals surface area (Å²) in [6.07, 6.45) is 4.52. The van der Waals surface area contributed by atoms with E-state index in [0.29, 0.717) is 50.3 Å². The Labute approximate surface area is 181 Å². The molecule has 0 spiro atoms.